The number of benzene rings is 1. The summed E-state index contributed by atoms with van der Waals surface area (Å²) in [6, 6.07) is 9.91. The monoisotopic (exact) mass is 277 g/mol. The van der Waals surface area contributed by atoms with Crippen LogP contribution in [0.1, 0.15) is 27.2 Å². The van der Waals surface area contributed by atoms with E-state index in [1.54, 1.807) is 0 Å². The molecule has 0 aliphatic heterocycles. The molecule has 0 radical (unpaired) electrons. The van der Waals surface area contributed by atoms with Crippen LogP contribution in [-0.2, 0) is 4.79 Å². The zero-order valence-electron chi connectivity index (χ0n) is 12.8. The van der Waals surface area contributed by atoms with Crippen molar-refractivity contribution in [2.24, 2.45) is 11.7 Å². The summed E-state index contributed by atoms with van der Waals surface area (Å²) in [6.45, 7) is 8.61. The zero-order valence-corrected chi connectivity index (χ0v) is 12.8. The molecule has 0 aliphatic rings. The Kier molecular flexibility index (Phi) is 7.09. The molecule has 0 heterocycles. The van der Waals surface area contributed by atoms with Crippen molar-refractivity contribution in [1.29, 1.82) is 0 Å². The first-order valence-electron chi connectivity index (χ1n) is 7.39. The molecule has 1 atom stereocenters. The van der Waals surface area contributed by atoms with Crippen molar-refractivity contribution in [2.75, 3.05) is 24.5 Å². The highest BCUT2D eigenvalue weighted by atomic mass is 16.2. The van der Waals surface area contributed by atoms with Crippen molar-refractivity contribution in [3.05, 3.63) is 30.3 Å². The summed E-state index contributed by atoms with van der Waals surface area (Å²) in [5.74, 6) is 0.120. The molecule has 0 aromatic heterocycles. The van der Waals surface area contributed by atoms with E-state index in [-0.39, 0.29) is 11.8 Å². The highest BCUT2D eigenvalue weighted by Crippen LogP contribution is 2.12. The molecule has 1 aromatic rings. The molecule has 0 spiro atoms. The predicted octanol–water partition coefficient (Wildman–Crippen LogP) is 2.00. The molecule has 112 valence electrons. The topological polar surface area (TPSA) is 58.4 Å². The Labute approximate surface area is 122 Å². The lowest BCUT2D eigenvalue weighted by atomic mass is 10.1. The standard InChI is InChI=1S/C16H27N3O/c1-4-19(14-9-6-5-7-10-14)12-8-11-18-16(20)15(17)13(2)3/h5-7,9-10,13,15H,4,8,11-12,17H2,1-3H3,(H,18,20)/t15-/m1/s1. The smallest absolute Gasteiger partial charge is 0.237 e. The molecule has 3 N–H and O–H groups in total. The normalized spacial score (nSPS) is 12.2. The lowest BCUT2D eigenvalue weighted by Gasteiger charge is -2.23. The van der Waals surface area contributed by atoms with E-state index >= 15 is 0 Å². The number of nitrogens with one attached hydrogen (secondary N) is 1. The number of anilines is 1. The molecular weight excluding hydrogens is 250 g/mol. The van der Waals surface area contributed by atoms with Crippen LogP contribution >= 0.6 is 0 Å². The second kappa shape index (κ2) is 8.59. The molecule has 1 rings (SSSR count). The molecule has 20 heavy (non-hydrogen) atoms. The van der Waals surface area contributed by atoms with E-state index in [1.807, 2.05) is 32.0 Å². The number of carbonyl (C=O) groups is 1. The summed E-state index contributed by atoms with van der Waals surface area (Å²) in [7, 11) is 0. The lowest BCUT2D eigenvalue weighted by Crippen LogP contribution is -2.44. The number of nitrogens with two attached hydrogens (primary N) is 1. The maximum absolute atomic E-state index is 11.7. The first-order valence-corrected chi connectivity index (χ1v) is 7.39. The first kappa shape index (κ1) is 16.5. The van der Waals surface area contributed by atoms with E-state index < -0.39 is 6.04 Å². The molecule has 0 bridgehead atoms. The third kappa shape index (κ3) is 5.21. The Morgan fingerprint density at radius 2 is 1.95 bits per heavy atom. The SMILES string of the molecule is CCN(CCCNC(=O)[C@H](N)C(C)C)c1ccccc1. The van der Waals surface area contributed by atoms with Crippen molar-refractivity contribution in [2.45, 2.75) is 33.2 Å². The summed E-state index contributed by atoms with van der Waals surface area (Å²) in [5, 5.41) is 2.90. The number of carbonyl (C=O) groups excluding carboxylic acids is 1. The Morgan fingerprint density at radius 3 is 2.50 bits per heavy atom. The molecule has 4 heteroatoms. The fraction of sp³-hybridized carbons (Fsp3) is 0.562. The largest absolute Gasteiger partial charge is 0.372 e. The highest BCUT2D eigenvalue weighted by molar-refractivity contribution is 5.81. The van der Waals surface area contributed by atoms with Gasteiger partial charge in [0.2, 0.25) is 5.91 Å². The van der Waals surface area contributed by atoms with Gasteiger partial charge in [0.25, 0.3) is 0 Å². The van der Waals surface area contributed by atoms with Crippen LogP contribution in [0.15, 0.2) is 30.3 Å². The van der Waals surface area contributed by atoms with E-state index in [4.69, 9.17) is 5.73 Å². The Balaban J connectivity index is 2.31. The van der Waals surface area contributed by atoms with Gasteiger partial charge in [0.1, 0.15) is 0 Å². The van der Waals surface area contributed by atoms with Gasteiger partial charge in [0, 0.05) is 25.3 Å². The molecule has 1 aromatic carbocycles. The van der Waals surface area contributed by atoms with Crippen molar-refractivity contribution in [3.8, 4) is 0 Å². The van der Waals surface area contributed by atoms with Crippen molar-refractivity contribution >= 4 is 11.6 Å². The fourth-order valence-electron chi connectivity index (χ4n) is 2.01. The van der Waals surface area contributed by atoms with Crippen LogP contribution in [0.4, 0.5) is 5.69 Å². The minimum Gasteiger partial charge on any atom is -0.372 e. The predicted molar refractivity (Wildman–Crippen MR) is 84.8 cm³/mol. The van der Waals surface area contributed by atoms with E-state index in [1.165, 1.54) is 5.69 Å². The van der Waals surface area contributed by atoms with Gasteiger partial charge in [-0.1, -0.05) is 32.0 Å². The average molecular weight is 277 g/mol. The molecule has 0 saturated carbocycles. The van der Waals surface area contributed by atoms with Crippen molar-refractivity contribution in [1.82, 2.24) is 5.32 Å². The van der Waals surface area contributed by atoms with E-state index in [9.17, 15) is 4.79 Å². The molecule has 1 amide bonds. The van der Waals surface area contributed by atoms with Crippen LogP contribution in [0.3, 0.4) is 0 Å². The van der Waals surface area contributed by atoms with Crippen molar-refractivity contribution in [3.63, 3.8) is 0 Å². The Morgan fingerprint density at radius 1 is 1.30 bits per heavy atom. The molecule has 4 nitrogen and oxygen atoms in total. The third-order valence-electron chi connectivity index (χ3n) is 3.43. The molecule has 0 fully saturated rings. The van der Waals surface area contributed by atoms with E-state index in [0.29, 0.717) is 6.54 Å². The van der Waals surface area contributed by atoms with Crippen molar-refractivity contribution < 1.29 is 4.79 Å². The number of hydrogen-bond acceptors (Lipinski definition) is 3. The zero-order chi connectivity index (χ0) is 15.0. The van der Waals surface area contributed by atoms with E-state index in [0.717, 1.165) is 19.5 Å². The van der Waals surface area contributed by atoms with Gasteiger partial charge in [-0.3, -0.25) is 4.79 Å². The van der Waals surface area contributed by atoms with Gasteiger partial charge in [-0.25, -0.2) is 0 Å². The Bertz CT molecular complexity index is 392. The van der Waals surface area contributed by atoms with Gasteiger partial charge >= 0.3 is 0 Å². The van der Waals surface area contributed by atoms with Crippen LogP contribution in [0.25, 0.3) is 0 Å². The van der Waals surface area contributed by atoms with Crippen LogP contribution in [0, 0.1) is 5.92 Å². The Hall–Kier alpha value is -1.55. The van der Waals surface area contributed by atoms with Gasteiger partial charge in [-0.15, -0.1) is 0 Å². The van der Waals surface area contributed by atoms with Crippen LogP contribution in [-0.4, -0.2) is 31.6 Å². The molecular formula is C16H27N3O. The average Bonchev–Trinajstić information content (AvgIpc) is 2.47. The number of para-hydroxylation sites is 1. The summed E-state index contributed by atoms with van der Waals surface area (Å²) in [4.78, 5) is 14.0. The number of hydrogen-bond donors (Lipinski definition) is 2. The van der Waals surface area contributed by atoms with Crippen LogP contribution < -0.4 is 16.0 Å². The third-order valence-corrected chi connectivity index (χ3v) is 3.43. The summed E-state index contributed by atoms with van der Waals surface area (Å²) in [6.07, 6.45) is 0.916. The first-order chi connectivity index (χ1) is 9.56. The highest BCUT2D eigenvalue weighted by Gasteiger charge is 2.16. The van der Waals surface area contributed by atoms with Gasteiger partial charge in [0.15, 0.2) is 0 Å². The second-order valence-corrected chi connectivity index (χ2v) is 5.33. The van der Waals surface area contributed by atoms with Crippen LogP contribution in [0.2, 0.25) is 0 Å². The molecule has 0 saturated heterocycles. The van der Waals surface area contributed by atoms with E-state index in [2.05, 4.69) is 29.3 Å². The summed E-state index contributed by atoms with van der Waals surface area (Å²) < 4.78 is 0. The minimum atomic E-state index is -0.411. The number of nitrogens with zero attached hydrogens (tertiary/aromatic N) is 1. The van der Waals surface area contributed by atoms with Gasteiger partial charge < -0.3 is 16.0 Å². The number of amides is 1. The van der Waals surface area contributed by atoms with Crippen LogP contribution in [0.5, 0.6) is 0 Å². The minimum absolute atomic E-state index is 0.0530. The van der Waals surface area contributed by atoms with Gasteiger partial charge in [-0.05, 0) is 31.4 Å². The molecule has 0 unspecified atom stereocenters. The van der Waals surface area contributed by atoms with Gasteiger partial charge in [-0.2, -0.15) is 0 Å². The quantitative estimate of drug-likeness (QED) is 0.715. The summed E-state index contributed by atoms with van der Waals surface area (Å²) in [5.41, 5.74) is 7.02. The lowest BCUT2D eigenvalue weighted by molar-refractivity contribution is -0.123. The fourth-order valence-corrected chi connectivity index (χ4v) is 2.01. The number of rotatable bonds is 8. The second-order valence-electron chi connectivity index (χ2n) is 5.33. The summed E-state index contributed by atoms with van der Waals surface area (Å²) >= 11 is 0. The maximum atomic E-state index is 11.7. The maximum Gasteiger partial charge on any atom is 0.237 e. The van der Waals surface area contributed by atoms with Gasteiger partial charge in [0.05, 0.1) is 6.04 Å². The molecule has 0 aliphatic carbocycles.